The molecule has 3 heteroatoms. The molecule has 0 aliphatic rings. The van der Waals surface area contributed by atoms with Crippen LogP contribution in [0.15, 0.2) is 77.3 Å². The predicted molar refractivity (Wildman–Crippen MR) is 96.9 cm³/mol. The van der Waals surface area contributed by atoms with E-state index >= 15 is 0 Å². The van der Waals surface area contributed by atoms with Gasteiger partial charge in [-0.3, -0.25) is 0 Å². The summed E-state index contributed by atoms with van der Waals surface area (Å²) in [5, 5.41) is 0. The van der Waals surface area contributed by atoms with Gasteiger partial charge in [-0.25, -0.2) is 0 Å². The van der Waals surface area contributed by atoms with E-state index in [1.807, 2.05) is 60.7 Å². The number of rotatable bonds is 5. The highest BCUT2D eigenvalue weighted by Gasteiger charge is 2.13. The van der Waals surface area contributed by atoms with Gasteiger partial charge in [0.1, 0.15) is 18.1 Å². The summed E-state index contributed by atoms with van der Waals surface area (Å²) >= 11 is 3.54. The van der Waals surface area contributed by atoms with Crippen LogP contribution in [0.4, 0.5) is 0 Å². The van der Waals surface area contributed by atoms with Gasteiger partial charge >= 0.3 is 0 Å². The molecule has 0 aliphatic carbocycles. The third kappa shape index (κ3) is 3.57. The maximum Gasteiger partial charge on any atom is 0.140 e. The zero-order valence-corrected chi connectivity index (χ0v) is 14.4. The topological polar surface area (TPSA) is 18.5 Å². The van der Waals surface area contributed by atoms with Gasteiger partial charge in [0.25, 0.3) is 0 Å². The van der Waals surface area contributed by atoms with Crippen molar-refractivity contribution in [3.8, 4) is 22.6 Å². The lowest BCUT2D eigenvalue weighted by atomic mass is 10.0. The maximum atomic E-state index is 6.05. The average molecular weight is 369 g/mol. The molecule has 0 heterocycles. The Bertz CT molecular complexity index is 785. The van der Waals surface area contributed by atoms with E-state index in [9.17, 15) is 0 Å². The fourth-order valence-corrected chi connectivity index (χ4v) is 3.01. The van der Waals surface area contributed by atoms with Crippen LogP contribution in [0.1, 0.15) is 5.56 Å². The highest BCUT2D eigenvalue weighted by molar-refractivity contribution is 9.10. The molecule has 0 saturated heterocycles. The van der Waals surface area contributed by atoms with Crippen molar-refractivity contribution in [3.63, 3.8) is 0 Å². The molecule has 0 radical (unpaired) electrons. The Labute approximate surface area is 144 Å². The van der Waals surface area contributed by atoms with Gasteiger partial charge in [-0.1, -0.05) is 60.7 Å². The minimum Gasteiger partial charge on any atom is -0.495 e. The molecule has 0 unspecified atom stereocenters. The molecule has 3 rings (SSSR count). The van der Waals surface area contributed by atoms with Crippen molar-refractivity contribution in [1.82, 2.24) is 0 Å². The Balaban J connectivity index is 1.94. The highest BCUT2D eigenvalue weighted by atomic mass is 79.9. The number of hydrogen-bond donors (Lipinski definition) is 0. The molecular weight excluding hydrogens is 352 g/mol. The molecule has 0 saturated carbocycles. The quantitative estimate of drug-likeness (QED) is 0.574. The number of methoxy groups -OCH3 is 1. The Morgan fingerprint density at radius 2 is 1.48 bits per heavy atom. The normalized spacial score (nSPS) is 10.3. The summed E-state index contributed by atoms with van der Waals surface area (Å²) in [6, 6.07) is 24.2. The molecule has 0 atom stereocenters. The summed E-state index contributed by atoms with van der Waals surface area (Å²) < 4.78 is 12.5. The first kappa shape index (κ1) is 15.6. The minimum atomic E-state index is 0.536. The highest BCUT2D eigenvalue weighted by Crippen LogP contribution is 2.40. The summed E-state index contributed by atoms with van der Waals surface area (Å²) in [6.45, 7) is 0.536. The largest absolute Gasteiger partial charge is 0.495 e. The van der Waals surface area contributed by atoms with E-state index < -0.39 is 0 Å². The van der Waals surface area contributed by atoms with E-state index in [2.05, 4.69) is 28.1 Å². The molecule has 3 aromatic carbocycles. The van der Waals surface area contributed by atoms with Crippen LogP contribution in [0.3, 0.4) is 0 Å². The Hall–Kier alpha value is -2.26. The second-order valence-electron chi connectivity index (χ2n) is 5.09. The molecule has 23 heavy (non-hydrogen) atoms. The van der Waals surface area contributed by atoms with E-state index in [1.165, 1.54) is 0 Å². The van der Waals surface area contributed by atoms with Crippen molar-refractivity contribution in [2.45, 2.75) is 6.61 Å². The third-order valence-electron chi connectivity index (χ3n) is 3.59. The monoisotopic (exact) mass is 368 g/mol. The summed E-state index contributed by atoms with van der Waals surface area (Å²) in [4.78, 5) is 0. The molecular formula is C20H17BrO2. The molecule has 0 spiro atoms. The van der Waals surface area contributed by atoms with Gasteiger partial charge in [-0.15, -0.1) is 0 Å². The maximum absolute atomic E-state index is 6.05. The van der Waals surface area contributed by atoms with Crippen molar-refractivity contribution in [2.24, 2.45) is 0 Å². The number of halogens is 1. The van der Waals surface area contributed by atoms with E-state index in [-0.39, 0.29) is 0 Å². The first-order valence-corrected chi connectivity index (χ1v) is 8.17. The van der Waals surface area contributed by atoms with Crippen molar-refractivity contribution in [1.29, 1.82) is 0 Å². The van der Waals surface area contributed by atoms with Gasteiger partial charge < -0.3 is 9.47 Å². The molecule has 0 fully saturated rings. The van der Waals surface area contributed by atoms with E-state index in [4.69, 9.17) is 9.47 Å². The van der Waals surface area contributed by atoms with Crippen LogP contribution in [0.25, 0.3) is 11.1 Å². The van der Waals surface area contributed by atoms with Crippen LogP contribution in [0.5, 0.6) is 11.5 Å². The standard InChI is InChI=1S/C20H17BrO2/c1-22-20-17(11-7-12-18(20)21)16-10-5-6-13-19(16)23-14-15-8-3-2-4-9-15/h2-13H,14H2,1H3. The lowest BCUT2D eigenvalue weighted by molar-refractivity contribution is 0.307. The Morgan fingerprint density at radius 3 is 2.26 bits per heavy atom. The van der Waals surface area contributed by atoms with Gasteiger partial charge in [0.05, 0.1) is 11.6 Å². The molecule has 0 aliphatic heterocycles. The summed E-state index contributed by atoms with van der Waals surface area (Å²) in [6.07, 6.45) is 0. The molecule has 0 bridgehead atoms. The molecule has 2 nitrogen and oxygen atoms in total. The van der Waals surface area contributed by atoms with E-state index in [0.29, 0.717) is 6.61 Å². The zero-order chi connectivity index (χ0) is 16.1. The van der Waals surface area contributed by atoms with Crippen molar-refractivity contribution in [2.75, 3.05) is 7.11 Å². The van der Waals surface area contributed by atoms with Gasteiger partial charge in [0.15, 0.2) is 0 Å². The Morgan fingerprint density at radius 1 is 0.783 bits per heavy atom. The number of para-hydroxylation sites is 2. The zero-order valence-electron chi connectivity index (χ0n) is 12.8. The summed E-state index contributed by atoms with van der Waals surface area (Å²) in [7, 11) is 1.68. The molecule has 3 aromatic rings. The number of hydrogen-bond acceptors (Lipinski definition) is 2. The van der Waals surface area contributed by atoms with Gasteiger partial charge in [0.2, 0.25) is 0 Å². The van der Waals surface area contributed by atoms with E-state index in [1.54, 1.807) is 7.11 Å². The van der Waals surface area contributed by atoms with Gasteiger partial charge in [-0.05, 0) is 33.6 Å². The van der Waals surface area contributed by atoms with Crippen LogP contribution in [0.2, 0.25) is 0 Å². The van der Waals surface area contributed by atoms with Crippen LogP contribution in [-0.4, -0.2) is 7.11 Å². The summed E-state index contributed by atoms with van der Waals surface area (Å²) in [5.74, 6) is 1.65. The van der Waals surface area contributed by atoms with Crippen LogP contribution < -0.4 is 9.47 Å². The first-order chi connectivity index (χ1) is 11.3. The van der Waals surface area contributed by atoms with Crippen LogP contribution >= 0.6 is 15.9 Å². The lowest BCUT2D eigenvalue weighted by Crippen LogP contribution is -1.97. The number of ether oxygens (including phenoxy) is 2. The van der Waals surface area contributed by atoms with Crippen LogP contribution in [0, 0.1) is 0 Å². The Kier molecular flexibility index (Phi) is 4.99. The lowest BCUT2D eigenvalue weighted by Gasteiger charge is -2.15. The van der Waals surface area contributed by atoms with Gasteiger partial charge in [-0.2, -0.15) is 0 Å². The fraction of sp³-hybridized carbons (Fsp3) is 0.100. The van der Waals surface area contributed by atoms with Crippen LogP contribution in [-0.2, 0) is 6.61 Å². The summed E-state index contributed by atoms with van der Waals surface area (Å²) in [5.41, 5.74) is 3.16. The molecule has 116 valence electrons. The molecule has 0 aromatic heterocycles. The van der Waals surface area contributed by atoms with Crippen molar-refractivity contribution < 1.29 is 9.47 Å². The predicted octanol–water partition coefficient (Wildman–Crippen LogP) is 5.70. The molecule has 0 amide bonds. The van der Waals surface area contributed by atoms with Crippen molar-refractivity contribution in [3.05, 3.63) is 82.8 Å². The fourth-order valence-electron chi connectivity index (χ4n) is 2.48. The third-order valence-corrected chi connectivity index (χ3v) is 4.21. The average Bonchev–Trinajstić information content (AvgIpc) is 2.61. The van der Waals surface area contributed by atoms with E-state index in [0.717, 1.165) is 32.7 Å². The van der Waals surface area contributed by atoms with Crippen molar-refractivity contribution >= 4 is 15.9 Å². The SMILES string of the molecule is COc1c(Br)cccc1-c1ccccc1OCc1ccccc1. The minimum absolute atomic E-state index is 0.536. The second-order valence-corrected chi connectivity index (χ2v) is 5.95. The first-order valence-electron chi connectivity index (χ1n) is 7.38. The van der Waals surface area contributed by atoms with Gasteiger partial charge in [0, 0.05) is 11.1 Å². The molecule has 0 N–H and O–H groups in total. The smallest absolute Gasteiger partial charge is 0.140 e. The number of benzene rings is 3. The second kappa shape index (κ2) is 7.34.